The maximum atomic E-state index is 13.9. The summed E-state index contributed by atoms with van der Waals surface area (Å²) in [5.74, 6) is -1.16. The first-order valence-corrected chi connectivity index (χ1v) is 12.4. The summed E-state index contributed by atoms with van der Waals surface area (Å²) in [6, 6.07) is 15.6. The summed E-state index contributed by atoms with van der Waals surface area (Å²) in [7, 11) is 2.83. The number of rotatable bonds is 11. The molecule has 3 rings (SSSR count). The Morgan fingerprint density at radius 1 is 0.973 bits per heavy atom. The van der Waals surface area contributed by atoms with Gasteiger partial charge in [0.25, 0.3) is 5.91 Å². The number of methoxy groups -OCH3 is 1. The van der Waals surface area contributed by atoms with Crippen LogP contribution in [-0.4, -0.2) is 53.0 Å². The van der Waals surface area contributed by atoms with Gasteiger partial charge < -0.3 is 24.8 Å². The normalized spacial score (nSPS) is 12.9. The highest BCUT2D eigenvalue weighted by Gasteiger charge is 2.30. The number of amides is 1. The van der Waals surface area contributed by atoms with E-state index in [1.54, 1.807) is 19.2 Å². The number of nitrogens with one attached hydrogen (secondary N) is 1. The van der Waals surface area contributed by atoms with Gasteiger partial charge in [0.05, 0.1) is 25.7 Å². The Morgan fingerprint density at radius 3 is 2.16 bits per heavy atom. The molecule has 2 atom stereocenters. The van der Waals surface area contributed by atoms with Crippen LogP contribution >= 0.6 is 0 Å². The molecule has 8 heteroatoms. The van der Waals surface area contributed by atoms with Crippen molar-refractivity contribution < 1.29 is 28.9 Å². The fraction of sp³-hybridized carbons (Fsp3) is 0.379. The molecule has 3 N–H and O–H groups in total. The Morgan fingerprint density at radius 2 is 1.59 bits per heavy atom. The standard InChI is InChI=1S/C29H35FN2O5/c1-18(2)32-24(15-14-22(33)16-23(34)17-25(35)37-4)26(20-10-12-21(30)13-11-20)27(28(32)29(36)31-3)19-8-6-5-7-9-19/h5-13,18,22-23,33-34H,14-17H2,1-4H3,(H,31,36). The summed E-state index contributed by atoms with van der Waals surface area (Å²) in [5.41, 5.74) is 4.42. The van der Waals surface area contributed by atoms with Crippen molar-refractivity contribution in [3.63, 3.8) is 0 Å². The van der Waals surface area contributed by atoms with Gasteiger partial charge in [-0.25, -0.2) is 4.39 Å². The molecule has 1 heterocycles. The summed E-state index contributed by atoms with van der Waals surface area (Å²) in [5, 5.41) is 23.6. The van der Waals surface area contributed by atoms with Crippen LogP contribution in [0.3, 0.4) is 0 Å². The van der Waals surface area contributed by atoms with Gasteiger partial charge >= 0.3 is 5.97 Å². The van der Waals surface area contributed by atoms with E-state index >= 15 is 0 Å². The molecule has 3 aromatic rings. The summed E-state index contributed by atoms with van der Waals surface area (Å²) >= 11 is 0. The van der Waals surface area contributed by atoms with Crippen LogP contribution in [0.4, 0.5) is 4.39 Å². The summed E-state index contributed by atoms with van der Waals surface area (Å²) in [4.78, 5) is 24.7. The van der Waals surface area contributed by atoms with Crippen molar-refractivity contribution in [2.24, 2.45) is 0 Å². The SMILES string of the molecule is CNC(=O)c1c(-c2ccccc2)c(-c2ccc(F)cc2)c(CCC(O)CC(O)CC(=O)OC)n1C(C)C. The van der Waals surface area contributed by atoms with Crippen LogP contribution in [0.1, 0.15) is 55.3 Å². The fourth-order valence-electron chi connectivity index (χ4n) is 4.70. The molecule has 1 amide bonds. The third kappa shape index (κ3) is 6.64. The van der Waals surface area contributed by atoms with Gasteiger partial charge in [-0.15, -0.1) is 0 Å². The summed E-state index contributed by atoms with van der Waals surface area (Å²) in [6.45, 7) is 3.96. The minimum atomic E-state index is -1.03. The maximum absolute atomic E-state index is 13.9. The molecule has 37 heavy (non-hydrogen) atoms. The molecule has 0 spiro atoms. The number of aliphatic hydroxyl groups excluding tert-OH is 2. The molecule has 0 aliphatic heterocycles. The lowest BCUT2D eigenvalue weighted by Crippen LogP contribution is -2.25. The zero-order chi connectivity index (χ0) is 27.1. The molecule has 0 aliphatic carbocycles. The Kier molecular flexibility index (Phi) is 9.60. The molecule has 1 aromatic heterocycles. The predicted molar refractivity (Wildman–Crippen MR) is 141 cm³/mol. The molecule has 0 aliphatic rings. The second-order valence-corrected chi connectivity index (χ2v) is 9.32. The van der Waals surface area contributed by atoms with E-state index in [0.717, 1.165) is 27.9 Å². The lowest BCUT2D eigenvalue weighted by Gasteiger charge is -2.20. The van der Waals surface area contributed by atoms with E-state index in [2.05, 4.69) is 10.1 Å². The molecular formula is C29H35FN2O5. The maximum Gasteiger partial charge on any atom is 0.308 e. The molecule has 2 aromatic carbocycles. The molecule has 0 fully saturated rings. The average molecular weight is 511 g/mol. The minimum Gasteiger partial charge on any atom is -0.469 e. The van der Waals surface area contributed by atoms with Gasteiger partial charge in [0.15, 0.2) is 0 Å². The lowest BCUT2D eigenvalue weighted by atomic mass is 9.92. The number of hydrogen-bond acceptors (Lipinski definition) is 5. The number of hydrogen-bond donors (Lipinski definition) is 3. The highest BCUT2D eigenvalue weighted by atomic mass is 19.1. The second kappa shape index (κ2) is 12.7. The van der Waals surface area contributed by atoms with Crippen molar-refractivity contribution in [1.29, 1.82) is 0 Å². The van der Waals surface area contributed by atoms with Gasteiger partial charge in [-0.05, 0) is 56.4 Å². The first-order chi connectivity index (χ1) is 17.7. The number of aromatic nitrogens is 1. The topological polar surface area (TPSA) is 101 Å². The highest BCUT2D eigenvalue weighted by Crippen LogP contribution is 2.42. The molecule has 2 unspecified atom stereocenters. The number of carbonyl (C=O) groups is 2. The van der Waals surface area contributed by atoms with Crippen LogP contribution < -0.4 is 5.32 Å². The first-order valence-electron chi connectivity index (χ1n) is 12.4. The van der Waals surface area contributed by atoms with E-state index in [1.807, 2.05) is 48.7 Å². The van der Waals surface area contributed by atoms with Crippen LogP contribution in [-0.2, 0) is 16.0 Å². The van der Waals surface area contributed by atoms with Gasteiger partial charge in [0, 0.05) is 29.9 Å². The van der Waals surface area contributed by atoms with E-state index in [0.29, 0.717) is 12.1 Å². The third-order valence-electron chi connectivity index (χ3n) is 6.35. The Hall–Kier alpha value is -3.49. The van der Waals surface area contributed by atoms with Gasteiger partial charge in [-0.2, -0.15) is 0 Å². The van der Waals surface area contributed by atoms with Crippen LogP contribution in [0.15, 0.2) is 54.6 Å². The molecule has 0 radical (unpaired) electrons. The quantitative estimate of drug-likeness (QED) is 0.330. The summed E-state index contributed by atoms with van der Waals surface area (Å²) < 4.78 is 20.4. The fourth-order valence-corrected chi connectivity index (χ4v) is 4.70. The van der Waals surface area contributed by atoms with E-state index in [9.17, 15) is 24.2 Å². The first kappa shape index (κ1) is 28.1. The van der Waals surface area contributed by atoms with Crippen LogP contribution in [0.25, 0.3) is 22.3 Å². The molecule has 0 saturated heterocycles. The van der Waals surface area contributed by atoms with Crippen molar-refractivity contribution in [1.82, 2.24) is 9.88 Å². The molecule has 0 saturated carbocycles. The molecule has 7 nitrogen and oxygen atoms in total. The number of halogens is 1. The second-order valence-electron chi connectivity index (χ2n) is 9.32. The van der Waals surface area contributed by atoms with Crippen molar-refractivity contribution in [2.75, 3.05) is 14.2 Å². The molecule has 0 bridgehead atoms. The van der Waals surface area contributed by atoms with Gasteiger partial charge in [-0.1, -0.05) is 42.5 Å². The van der Waals surface area contributed by atoms with E-state index in [1.165, 1.54) is 19.2 Å². The van der Waals surface area contributed by atoms with Crippen LogP contribution in [0.2, 0.25) is 0 Å². The number of ether oxygens (including phenoxy) is 1. The largest absolute Gasteiger partial charge is 0.469 e. The minimum absolute atomic E-state index is 0.0111. The van der Waals surface area contributed by atoms with Crippen LogP contribution in [0, 0.1) is 5.82 Å². The van der Waals surface area contributed by atoms with Gasteiger partial charge in [0.2, 0.25) is 0 Å². The highest BCUT2D eigenvalue weighted by molar-refractivity contribution is 6.05. The summed E-state index contributed by atoms with van der Waals surface area (Å²) in [6.07, 6.45) is -1.44. The third-order valence-corrected chi connectivity index (χ3v) is 6.35. The number of benzene rings is 2. The predicted octanol–water partition coefficient (Wildman–Crippen LogP) is 4.51. The zero-order valence-corrected chi connectivity index (χ0v) is 21.7. The monoisotopic (exact) mass is 510 g/mol. The van der Waals surface area contributed by atoms with Crippen LogP contribution in [0.5, 0.6) is 0 Å². The van der Waals surface area contributed by atoms with Gasteiger partial charge in [0.1, 0.15) is 11.5 Å². The van der Waals surface area contributed by atoms with E-state index in [4.69, 9.17) is 0 Å². The smallest absolute Gasteiger partial charge is 0.308 e. The Balaban J connectivity index is 2.15. The van der Waals surface area contributed by atoms with E-state index < -0.39 is 18.2 Å². The van der Waals surface area contributed by atoms with Gasteiger partial charge in [-0.3, -0.25) is 9.59 Å². The average Bonchev–Trinajstić information content (AvgIpc) is 3.23. The number of esters is 1. The lowest BCUT2D eigenvalue weighted by molar-refractivity contribution is -0.143. The van der Waals surface area contributed by atoms with Crippen molar-refractivity contribution in [2.45, 2.75) is 57.8 Å². The molecule has 198 valence electrons. The van der Waals surface area contributed by atoms with Crippen molar-refractivity contribution in [3.8, 4) is 22.3 Å². The number of nitrogens with zero attached hydrogens (tertiary/aromatic N) is 1. The number of aliphatic hydroxyl groups is 2. The number of carbonyl (C=O) groups excluding carboxylic acids is 2. The molecular weight excluding hydrogens is 475 g/mol. The van der Waals surface area contributed by atoms with E-state index in [-0.39, 0.29) is 37.0 Å². The Labute approximate surface area is 216 Å². The Bertz CT molecular complexity index is 1210. The van der Waals surface area contributed by atoms with Crippen molar-refractivity contribution >= 4 is 11.9 Å². The van der Waals surface area contributed by atoms with Crippen molar-refractivity contribution in [3.05, 3.63) is 71.8 Å². The zero-order valence-electron chi connectivity index (χ0n) is 21.7.